The molecule has 3 rings (SSSR count). The van der Waals surface area contributed by atoms with Gasteiger partial charge in [0.1, 0.15) is 5.75 Å². The van der Waals surface area contributed by atoms with Crippen molar-refractivity contribution in [2.24, 2.45) is 0 Å². The second-order valence-electron chi connectivity index (χ2n) is 6.23. The van der Waals surface area contributed by atoms with Crippen LogP contribution in [0.15, 0.2) is 18.2 Å². The molecule has 1 heterocycles. The molecule has 1 aliphatic carbocycles. The van der Waals surface area contributed by atoms with Crippen LogP contribution in [0.1, 0.15) is 62.6 Å². The van der Waals surface area contributed by atoms with Gasteiger partial charge in [0.2, 0.25) is 0 Å². The van der Waals surface area contributed by atoms with E-state index in [1.54, 1.807) is 0 Å². The van der Waals surface area contributed by atoms with Crippen LogP contribution in [0.25, 0.3) is 0 Å². The van der Waals surface area contributed by atoms with Crippen LogP contribution in [0.3, 0.4) is 0 Å². The first kappa shape index (κ1) is 13.0. The van der Waals surface area contributed by atoms with Gasteiger partial charge in [0, 0.05) is 12.1 Å². The fraction of sp³-hybridized carbons (Fsp3) is 0.647. The Labute approximate surface area is 116 Å². The Kier molecular flexibility index (Phi) is 3.79. The molecule has 0 aromatic heterocycles. The number of hydrogen-bond acceptors (Lipinski definition) is 2. The fourth-order valence-electron chi connectivity index (χ4n) is 3.87. The molecule has 2 nitrogen and oxygen atoms in total. The average Bonchev–Trinajstić information content (AvgIpc) is 2.63. The maximum absolute atomic E-state index is 9.81. The Morgan fingerprint density at radius 3 is 2.89 bits per heavy atom. The number of nitrogens with zero attached hydrogens (tertiary/aromatic N) is 1. The number of fused-ring (bicyclic) bond motifs is 1. The largest absolute Gasteiger partial charge is 0.508 e. The van der Waals surface area contributed by atoms with Crippen molar-refractivity contribution in [1.82, 2.24) is 4.90 Å². The zero-order valence-corrected chi connectivity index (χ0v) is 11.9. The molecule has 2 atom stereocenters. The first-order chi connectivity index (χ1) is 9.25. The molecule has 1 fully saturated rings. The molecular formula is C17H25NO. The number of aryl methyl sites for hydroxylation is 1. The minimum atomic E-state index is 0.424. The number of likely N-dealkylation sites (tertiary alicyclic amines) is 1. The van der Waals surface area contributed by atoms with E-state index in [1.165, 1.54) is 62.6 Å². The molecule has 0 spiro atoms. The number of benzene rings is 1. The molecule has 1 N–H and O–H groups in total. The summed E-state index contributed by atoms with van der Waals surface area (Å²) in [5, 5.41) is 9.81. The summed E-state index contributed by atoms with van der Waals surface area (Å²) in [4.78, 5) is 2.70. The molecule has 2 unspecified atom stereocenters. The van der Waals surface area contributed by atoms with E-state index >= 15 is 0 Å². The van der Waals surface area contributed by atoms with E-state index in [0.717, 1.165) is 0 Å². The summed E-state index contributed by atoms with van der Waals surface area (Å²) in [5.74, 6) is 0.424. The van der Waals surface area contributed by atoms with Crippen LogP contribution in [-0.2, 0) is 6.42 Å². The van der Waals surface area contributed by atoms with Gasteiger partial charge in [-0.3, -0.25) is 4.90 Å². The maximum atomic E-state index is 9.81. The molecular weight excluding hydrogens is 234 g/mol. The van der Waals surface area contributed by atoms with Gasteiger partial charge in [0.25, 0.3) is 0 Å². The smallest absolute Gasteiger partial charge is 0.115 e. The van der Waals surface area contributed by atoms with E-state index in [9.17, 15) is 5.11 Å². The summed E-state index contributed by atoms with van der Waals surface area (Å²) in [5.41, 5.74) is 2.84. The maximum Gasteiger partial charge on any atom is 0.115 e. The van der Waals surface area contributed by atoms with Crippen molar-refractivity contribution < 1.29 is 5.11 Å². The fourth-order valence-corrected chi connectivity index (χ4v) is 3.87. The molecule has 0 bridgehead atoms. The van der Waals surface area contributed by atoms with E-state index in [0.29, 0.717) is 17.8 Å². The molecule has 0 amide bonds. The van der Waals surface area contributed by atoms with Crippen molar-refractivity contribution in [3.8, 4) is 5.75 Å². The highest BCUT2D eigenvalue weighted by molar-refractivity contribution is 5.38. The minimum absolute atomic E-state index is 0.424. The third-order valence-corrected chi connectivity index (χ3v) is 4.92. The van der Waals surface area contributed by atoms with Crippen molar-refractivity contribution in [2.75, 3.05) is 6.54 Å². The highest BCUT2D eigenvalue weighted by atomic mass is 16.3. The van der Waals surface area contributed by atoms with Crippen LogP contribution in [0, 0.1) is 0 Å². The number of rotatable bonds is 1. The van der Waals surface area contributed by atoms with Gasteiger partial charge in [-0.25, -0.2) is 0 Å². The monoisotopic (exact) mass is 259 g/mol. The Hall–Kier alpha value is -1.02. The number of phenols is 1. The molecule has 0 saturated carbocycles. The molecule has 1 aromatic carbocycles. The van der Waals surface area contributed by atoms with Gasteiger partial charge in [-0.05, 0) is 68.8 Å². The summed E-state index contributed by atoms with van der Waals surface area (Å²) < 4.78 is 0. The molecule has 104 valence electrons. The molecule has 1 aliphatic heterocycles. The second kappa shape index (κ2) is 5.54. The minimum Gasteiger partial charge on any atom is -0.508 e. The Balaban J connectivity index is 1.91. The van der Waals surface area contributed by atoms with E-state index in [-0.39, 0.29) is 0 Å². The Morgan fingerprint density at radius 1 is 1.11 bits per heavy atom. The van der Waals surface area contributed by atoms with Crippen molar-refractivity contribution in [3.05, 3.63) is 29.3 Å². The third kappa shape index (κ3) is 2.64. The molecule has 2 heteroatoms. The summed E-state index contributed by atoms with van der Waals surface area (Å²) in [6.45, 7) is 3.60. The average molecular weight is 259 g/mol. The zero-order chi connectivity index (χ0) is 13.2. The first-order valence-electron chi connectivity index (χ1n) is 7.83. The van der Waals surface area contributed by atoms with Crippen LogP contribution >= 0.6 is 0 Å². The molecule has 1 aromatic rings. The Bertz CT molecular complexity index is 443. The number of hydrogen-bond donors (Lipinski definition) is 1. The first-order valence-corrected chi connectivity index (χ1v) is 7.83. The van der Waals surface area contributed by atoms with Crippen LogP contribution in [-0.4, -0.2) is 22.6 Å². The lowest BCUT2D eigenvalue weighted by Crippen LogP contribution is -2.37. The van der Waals surface area contributed by atoms with E-state index in [2.05, 4.69) is 17.9 Å². The Morgan fingerprint density at radius 2 is 2.00 bits per heavy atom. The third-order valence-electron chi connectivity index (χ3n) is 4.92. The van der Waals surface area contributed by atoms with Gasteiger partial charge < -0.3 is 5.11 Å². The SMILES string of the molecule is CC1CCCCCN1C1CCCc2ccc(O)cc21. The zero-order valence-electron chi connectivity index (χ0n) is 11.9. The van der Waals surface area contributed by atoms with Gasteiger partial charge in [-0.15, -0.1) is 0 Å². The lowest BCUT2D eigenvalue weighted by molar-refractivity contribution is 0.132. The van der Waals surface area contributed by atoms with Crippen molar-refractivity contribution >= 4 is 0 Å². The standard InChI is InChI=1S/C17H25NO/c1-13-6-3-2-4-11-18(13)17-8-5-7-14-9-10-15(19)12-16(14)17/h9-10,12-13,17,19H,2-8,11H2,1H3. The van der Waals surface area contributed by atoms with E-state index in [1.807, 2.05) is 12.1 Å². The van der Waals surface area contributed by atoms with Gasteiger partial charge in [-0.1, -0.05) is 18.9 Å². The number of aromatic hydroxyl groups is 1. The summed E-state index contributed by atoms with van der Waals surface area (Å²) >= 11 is 0. The van der Waals surface area contributed by atoms with Crippen molar-refractivity contribution in [2.45, 2.75) is 64.0 Å². The predicted molar refractivity (Wildman–Crippen MR) is 78.4 cm³/mol. The summed E-state index contributed by atoms with van der Waals surface area (Å²) in [6.07, 6.45) is 9.11. The number of phenolic OH excluding ortho intramolecular Hbond substituents is 1. The van der Waals surface area contributed by atoms with Gasteiger partial charge >= 0.3 is 0 Å². The summed E-state index contributed by atoms with van der Waals surface area (Å²) in [7, 11) is 0. The van der Waals surface area contributed by atoms with Gasteiger partial charge in [-0.2, -0.15) is 0 Å². The van der Waals surface area contributed by atoms with Gasteiger partial charge in [0.05, 0.1) is 0 Å². The quantitative estimate of drug-likeness (QED) is 0.823. The molecule has 2 aliphatic rings. The molecule has 19 heavy (non-hydrogen) atoms. The van der Waals surface area contributed by atoms with Crippen LogP contribution < -0.4 is 0 Å². The van der Waals surface area contributed by atoms with E-state index in [4.69, 9.17) is 0 Å². The van der Waals surface area contributed by atoms with Crippen LogP contribution in [0.2, 0.25) is 0 Å². The lowest BCUT2D eigenvalue weighted by Gasteiger charge is -2.39. The van der Waals surface area contributed by atoms with Gasteiger partial charge in [0.15, 0.2) is 0 Å². The molecule has 0 radical (unpaired) electrons. The highest BCUT2D eigenvalue weighted by Gasteiger charge is 2.29. The topological polar surface area (TPSA) is 23.5 Å². The predicted octanol–water partition coefficient (Wildman–Crippen LogP) is 4.03. The highest BCUT2D eigenvalue weighted by Crippen LogP contribution is 2.38. The van der Waals surface area contributed by atoms with E-state index < -0.39 is 0 Å². The second-order valence-corrected chi connectivity index (χ2v) is 6.23. The normalized spacial score (nSPS) is 28.7. The molecule has 1 saturated heterocycles. The van der Waals surface area contributed by atoms with Crippen LogP contribution in [0.5, 0.6) is 5.75 Å². The van der Waals surface area contributed by atoms with Crippen molar-refractivity contribution in [3.63, 3.8) is 0 Å². The lowest BCUT2D eigenvalue weighted by atomic mass is 9.86. The summed E-state index contributed by atoms with van der Waals surface area (Å²) in [6, 6.07) is 7.19. The van der Waals surface area contributed by atoms with Crippen molar-refractivity contribution in [1.29, 1.82) is 0 Å². The van der Waals surface area contributed by atoms with Crippen LogP contribution in [0.4, 0.5) is 0 Å².